The fourth-order valence-corrected chi connectivity index (χ4v) is 1.54. The van der Waals surface area contributed by atoms with Crippen molar-refractivity contribution in [3.05, 3.63) is 29.6 Å². The summed E-state index contributed by atoms with van der Waals surface area (Å²) in [6.45, 7) is 7.25. The van der Waals surface area contributed by atoms with Crippen LogP contribution in [-0.4, -0.2) is 19.0 Å². The molecule has 1 aromatic rings. The lowest BCUT2D eigenvalue weighted by atomic mass is 10.1. The maximum Gasteiger partial charge on any atom is 0.253 e. The molecule has 0 bridgehead atoms. The Balaban J connectivity index is 2.86. The zero-order valence-electron chi connectivity index (χ0n) is 11.2. The molecule has 100 valence electrons. The topological polar surface area (TPSA) is 41.1 Å². The van der Waals surface area contributed by atoms with E-state index in [0.717, 1.165) is 6.42 Å². The minimum atomic E-state index is -0.388. The number of amides is 1. The summed E-state index contributed by atoms with van der Waals surface area (Å²) in [4.78, 5) is 12.0. The Hall–Kier alpha value is -1.58. The van der Waals surface area contributed by atoms with Gasteiger partial charge in [0.05, 0.1) is 11.3 Å². The Labute approximate surface area is 108 Å². The molecule has 0 saturated carbocycles. The number of para-hydroxylation sites is 1. The third kappa shape index (κ3) is 4.02. The molecule has 0 unspecified atom stereocenters. The van der Waals surface area contributed by atoms with Gasteiger partial charge in [-0.1, -0.05) is 26.8 Å². The summed E-state index contributed by atoms with van der Waals surface area (Å²) in [5.74, 6) is -0.253. The lowest BCUT2D eigenvalue weighted by molar-refractivity contribution is 0.0949. The Morgan fingerprint density at radius 1 is 1.39 bits per heavy atom. The summed E-state index contributed by atoms with van der Waals surface area (Å²) < 4.78 is 13.7. The van der Waals surface area contributed by atoms with Crippen LogP contribution in [0.2, 0.25) is 0 Å². The quantitative estimate of drug-likeness (QED) is 0.817. The molecule has 0 aliphatic rings. The second-order valence-corrected chi connectivity index (χ2v) is 4.69. The first-order chi connectivity index (χ1) is 8.56. The monoisotopic (exact) mass is 252 g/mol. The van der Waals surface area contributed by atoms with Crippen molar-refractivity contribution in [2.24, 2.45) is 5.92 Å². The molecule has 0 aliphatic heterocycles. The molecule has 3 nitrogen and oxygen atoms in total. The molecule has 1 rings (SSSR count). The van der Waals surface area contributed by atoms with Crippen molar-refractivity contribution in [2.45, 2.75) is 27.2 Å². The third-order valence-electron chi connectivity index (χ3n) is 2.48. The van der Waals surface area contributed by atoms with E-state index < -0.39 is 0 Å². The summed E-state index contributed by atoms with van der Waals surface area (Å²) >= 11 is 0. The predicted octanol–water partition coefficient (Wildman–Crippen LogP) is 3.03. The zero-order chi connectivity index (χ0) is 13.5. The number of anilines is 1. The minimum Gasteiger partial charge on any atom is -0.382 e. The van der Waals surface area contributed by atoms with E-state index in [2.05, 4.69) is 10.6 Å². The van der Waals surface area contributed by atoms with E-state index in [-0.39, 0.29) is 11.7 Å². The molecule has 1 aromatic carbocycles. The molecule has 0 saturated heterocycles. The smallest absolute Gasteiger partial charge is 0.253 e. The van der Waals surface area contributed by atoms with Gasteiger partial charge in [-0.15, -0.1) is 0 Å². The number of halogens is 1. The van der Waals surface area contributed by atoms with Crippen molar-refractivity contribution in [3.63, 3.8) is 0 Å². The summed E-state index contributed by atoms with van der Waals surface area (Å²) in [5.41, 5.74) is 0.657. The van der Waals surface area contributed by atoms with Crippen LogP contribution < -0.4 is 10.6 Å². The van der Waals surface area contributed by atoms with Crippen LogP contribution in [0.25, 0.3) is 0 Å². The van der Waals surface area contributed by atoms with E-state index in [4.69, 9.17) is 0 Å². The SMILES string of the molecule is CCCNc1c(F)cccc1C(=O)NCC(C)C. The normalized spacial score (nSPS) is 10.5. The van der Waals surface area contributed by atoms with Gasteiger partial charge in [0.15, 0.2) is 0 Å². The highest BCUT2D eigenvalue weighted by molar-refractivity contribution is 5.99. The van der Waals surface area contributed by atoms with Gasteiger partial charge in [-0.2, -0.15) is 0 Å². The number of rotatable bonds is 6. The van der Waals surface area contributed by atoms with Crippen LogP contribution in [0.5, 0.6) is 0 Å². The maximum absolute atomic E-state index is 13.7. The number of hydrogen-bond acceptors (Lipinski definition) is 2. The average Bonchev–Trinajstić information content (AvgIpc) is 2.34. The standard InChI is InChI=1S/C14H21FN2O/c1-4-8-16-13-11(6-5-7-12(13)15)14(18)17-9-10(2)3/h5-7,10,16H,4,8-9H2,1-3H3,(H,17,18). The minimum absolute atomic E-state index is 0.234. The Morgan fingerprint density at radius 2 is 2.11 bits per heavy atom. The predicted molar refractivity (Wildman–Crippen MR) is 72.4 cm³/mol. The van der Waals surface area contributed by atoms with Gasteiger partial charge in [-0.05, 0) is 24.5 Å². The highest BCUT2D eigenvalue weighted by atomic mass is 19.1. The highest BCUT2D eigenvalue weighted by Crippen LogP contribution is 2.19. The van der Waals surface area contributed by atoms with Crippen LogP contribution in [0.4, 0.5) is 10.1 Å². The first-order valence-electron chi connectivity index (χ1n) is 6.36. The summed E-state index contributed by atoms with van der Waals surface area (Å²) in [6, 6.07) is 4.55. The van der Waals surface area contributed by atoms with E-state index in [1.54, 1.807) is 12.1 Å². The van der Waals surface area contributed by atoms with Gasteiger partial charge >= 0.3 is 0 Å². The number of carbonyl (C=O) groups is 1. The third-order valence-corrected chi connectivity index (χ3v) is 2.48. The largest absolute Gasteiger partial charge is 0.382 e. The molecule has 0 heterocycles. The Morgan fingerprint density at radius 3 is 2.72 bits per heavy atom. The Kier molecular flexibility index (Phi) is 5.62. The summed E-state index contributed by atoms with van der Waals surface area (Å²) in [7, 11) is 0. The van der Waals surface area contributed by atoms with Crippen LogP contribution in [0, 0.1) is 11.7 Å². The molecule has 0 radical (unpaired) electrons. The van der Waals surface area contributed by atoms with Crippen LogP contribution in [0.3, 0.4) is 0 Å². The molecule has 18 heavy (non-hydrogen) atoms. The number of benzene rings is 1. The van der Waals surface area contributed by atoms with Crippen molar-refractivity contribution in [1.82, 2.24) is 5.32 Å². The fourth-order valence-electron chi connectivity index (χ4n) is 1.54. The van der Waals surface area contributed by atoms with Crippen molar-refractivity contribution >= 4 is 11.6 Å². The molecular formula is C14H21FN2O. The van der Waals surface area contributed by atoms with Crippen molar-refractivity contribution < 1.29 is 9.18 Å². The van der Waals surface area contributed by atoms with Gasteiger partial charge < -0.3 is 10.6 Å². The molecule has 0 aliphatic carbocycles. The van der Waals surface area contributed by atoms with Crippen molar-refractivity contribution in [2.75, 3.05) is 18.4 Å². The molecule has 4 heteroatoms. The first kappa shape index (κ1) is 14.5. The Bertz CT molecular complexity index is 405. The molecule has 0 fully saturated rings. The maximum atomic E-state index is 13.7. The molecule has 1 amide bonds. The summed E-state index contributed by atoms with van der Waals surface area (Å²) in [6.07, 6.45) is 0.876. The van der Waals surface area contributed by atoms with Gasteiger partial charge in [0, 0.05) is 13.1 Å². The molecule has 2 N–H and O–H groups in total. The van der Waals surface area contributed by atoms with Gasteiger partial charge in [-0.3, -0.25) is 4.79 Å². The highest BCUT2D eigenvalue weighted by Gasteiger charge is 2.14. The average molecular weight is 252 g/mol. The van der Waals surface area contributed by atoms with E-state index in [1.807, 2.05) is 20.8 Å². The van der Waals surface area contributed by atoms with Crippen molar-refractivity contribution in [1.29, 1.82) is 0 Å². The second-order valence-electron chi connectivity index (χ2n) is 4.69. The molecule has 0 atom stereocenters. The van der Waals surface area contributed by atoms with Gasteiger partial charge in [0.2, 0.25) is 0 Å². The lowest BCUT2D eigenvalue weighted by Crippen LogP contribution is -2.28. The first-order valence-corrected chi connectivity index (χ1v) is 6.36. The van der Waals surface area contributed by atoms with Crippen LogP contribution in [0.15, 0.2) is 18.2 Å². The molecule has 0 spiro atoms. The van der Waals surface area contributed by atoms with Gasteiger partial charge in [-0.25, -0.2) is 4.39 Å². The van der Waals surface area contributed by atoms with E-state index in [0.29, 0.717) is 30.3 Å². The molecular weight excluding hydrogens is 231 g/mol. The lowest BCUT2D eigenvalue weighted by Gasteiger charge is -2.13. The van der Waals surface area contributed by atoms with Crippen LogP contribution in [-0.2, 0) is 0 Å². The van der Waals surface area contributed by atoms with Crippen LogP contribution >= 0.6 is 0 Å². The van der Waals surface area contributed by atoms with Gasteiger partial charge in [0.1, 0.15) is 5.82 Å². The fraction of sp³-hybridized carbons (Fsp3) is 0.500. The van der Waals surface area contributed by atoms with E-state index >= 15 is 0 Å². The number of carbonyl (C=O) groups excluding carboxylic acids is 1. The van der Waals surface area contributed by atoms with Gasteiger partial charge in [0.25, 0.3) is 5.91 Å². The zero-order valence-corrected chi connectivity index (χ0v) is 11.2. The number of hydrogen-bond donors (Lipinski definition) is 2. The molecule has 0 aromatic heterocycles. The second kappa shape index (κ2) is 6.99. The number of nitrogens with one attached hydrogen (secondary N) is 2. The van der Waals surface area contributed by atoms with E-state index in [9.17, 15) is 9.18 Å². The summed E-state index contributed by atoms with van der Waals surface area (Å²) in [5, 5.41) is 5.76. The van der Waals surface area contributed by atoms with Crippen LogP contribution in [0.1, 0.15) is 37.6 Å². The van der Waals surface area contributed by atoms with E-state index in [1.165, 1.54) is 6.07 Å². The van der Waals surface area contributed by atoms with Crippen molar-refractivity contribution in [3.8, 4) is 0 Å².